The van der Waals surface area contributed by atoms with E-state index in [2.05, 4.69) is 16.7 Å². The van der Waals surface area contributed by atoms with Crippen LogP contribution in [-0.2, 0) is 4.79 Å². The number of benzene rings is 3. The Bertz CT molecular complexity index is 1130. The van der Waals surface area contributed by atoms with Crippen molar-refractivity contribution in [1.29, 1.82) is 0 Å². The number of carbonyl (C=O) groups is 1. The van der Waals surface area contributed by atoms with Gasteiger partial charge in [-0.15, -0.1) is 0 Å². The van der Waals surface area contributed by atoms with Crippen molar-refractivity contribution in [1.82, 2.24) is 5.32 Å². The quantitative estimate of drug-likeness (QED) is 0.540. The molecule has 4 rings (SSSR count). The van der Waals surface area contributed by atoms with Crippen molar-refractivity contribution >= 4 is 40.2 Å². The molecule has 0 radical (unpaired) electrons. The normalized spacial score (nSPS) is 17.2. The largest absolute Gasteiger partial charge is 0.495 e. The van der Waals surface area contributed by atoms with Crippen molar-refractivity contribution in [2.75, 3.05) is 19.0 Å². The molecule has 0 saturated carbocycles. The Labute approximate surface area is 180 Å². The average molecular weight is 421 g/mol. The Balaban J connectivity index is 1.61. The molecule has 1 unspecified atom stereocenters. The maximum absolute atomic E-state index is 12.6. The zero-order chi connectivity index (χ0) is 21.1. The van der Waals surface area contributed by atoms with Gasteiger partial charge in [-0.05, 0) is 54.6 Å². The molecule has 5 nitrogen and oxygen atoms in total. The van der Waals surface area contributed by atoms with Crippen LogP contribution in [0.25, 0.3) is 16.8 Å². The first-order valence-electron chi connectivity index (χ1n) is 9.84. The molecule has 1 fully saturated rings. The van der Waals surface area contributed by atoms with Gasteiger partial charge in [0.25, 0.3) is 5.91 Å². The molecule has 1 aliphatic rings. The van der Waals surface area contributed by atoms with Crippen molar-refractivity contribution in [3.05, 3.63) is 70.6 Å². The lowest BCUT2D eigenvalue weighted by Gasteiger charge is -2.16. The van der Waals surface area contributed by atoms with Gasteiger partial charge in [-0.1, -0.05) is 48.2 Å². The minimum absolute atomic E-state index is 0.0953. The van der Waals surface area contributed by atoms with Gasteiger partial charge in [0.05, 0.1) is 24.3 Å². The standard InChI is InChI=1S/C24H24N2O3S/c1-4-29-20-12-10-16(17-7-5-6-8-18(17)20)14-22-23(27)26-24(30-22)25-19-13-15(2)9-11-21(19)28-3/h5-14,24-25H,4H2,1-3H3,(H,26,27)/b22-14-. The summed E-state index contributed by atoms with van der Waals surface area (Å²) in [5.41, 5.74) is 2.68. The summed E-state index contributed by atoms with van der Waals surface area (Å²) >= 11 is 1.46. The third-order valence-corrected chi connectivity index (χ3v) is 5.91. The molecule has 0 spiro atoms. The average Bonchev–Trinajstić information content (AvgIpc) is 3.09. The van der Waals surface area contributed by atoms with Gasteiger partial charge < -0.3 is 20.1 Å². The van der Waals surface area contributed by atoms with E-state index in [0.29, 0.717) is 11.5 Å². The molecule has 0 aliphatic carbocycles. The number of fused-ring (bicyclic) bond motifs is 1. The predicted octanol–water partition coefficient (Wildman–Crippen LogP) is 5.16. The smallest absolute Gasteiger partial charge is 0.260 e. The molecule has 1 heterocycles. The Kier molecular flexibility index (Phi) is 5.86. The monoisotopic (exact) mass is 420 g/mol. The number of methoxy groups -OCH3 is 1. The lowest BCUT2D eigenvalue weighted by molar-refractivity contribution is -0.116. The molecule has 1 aliphatic heterocycles. The first-order chi connectivity index (χ1) is 14.6. The Morgan fingerprint density at radius 2 is 1.87 bits per heavy atom. The number of ether oxygens (including phenoxy) is 2. The van der Waals surface area contributed by atoms with Gasteiger partial charge in [0, 0.05) is 5.39 Å². The lowest BCUT2D eigenvalue weighted by Crippen LogP contribution is -2.31. The SMILES string of the molecule is CCOc1ccc(/C=C2\SC(Nc3cc(C)ccc3OC)NC2=O)c2ccccc12. The van der Waals surface area contributed by atoms with Gasteiger partial charge in [-0.25, -0.2) is 0 Å². The van der Waals surface area contributed by atoms with E-state index in [0.717, 1.165) is 39.1 Å². The molecule has 154 valence electrons. The van der Waals surface area contributed by atoms with Crippen molar-refractivity contribution in [3.63, 3.8) is 0 Å². The van der Waals surface area contributed by atoms with Crippen LogP contribution in [0.4, 0.5) is 5.69 Å². The van der Waals surface area contributed by atoms with E-state index < -0.39 is 0 Å². The Hall–Kier alpha value is -3.12. The number of anilines is 1. The van der Waals surface area contributed by atoms with Gasteiger partial charge in [-0.3, -0.25) is 4.79 Å². The van der Waals surface area contributed by atoms with Crippen LogP contribution in [0.1, 0.15) is 18.1 Å². The summed E-state index contributed by atoms with van der Waals surface area (Å²) in [5.74, 6) is 1.50. The highest BCUT2D eigenvalue weighted by Gasteiger charge is 2.28. The van der Waals surface area contributed by atoms with E-state index in [1.807, 2.05) is 68.5 Å². The molecule has 6 heteroatoms. The molecule has 1 amide bonds. The van der Waals surface area contributed by atoms with Crippen LogP contribution in [0.3, 0.4) is 0 Å². The highest BCUT2D eigenvalue weighted by Crippen LogP contribution is 2.35. The fourth-order valence-electron chi connectivity index (χ4n) is 3.48. The number of nitrogens with one attached hydrogen (secondary N) is 2. The number of aryl methyl sites for hydroxylation is 1. The first-order valence-corrected chi connectivity index (χ1v) is 10.7. The molecule has 3 aromatic rings. The summed E-state index contributed by atoms with van der Waals surface area (Å²) < 4.78 is 11.2. The number of thioether (sulfide) groups is 1. The van der Waals surface area contributed by atoms with Crippen molar-refractivity contribution in [2.45, 2.75) is 19.3 Å². The topological polar surface area (TPSA) is 59.6 Å². The first kappa shape index (κ1) is 20.2. The summed E-state index contributed by atoms with van der Waals surface area (Å²) in [5, 5.41) is 8.44. The van der Waals surface area contributed by atoms with Gasteiger partial charge in [0.15, 0.2) is 5.50 Å². The molecule has 1 atom stereocenters. The molecule has 0 bridgehead atoms. The molecule has 3 aromatic carbocycles. The number of carbonyl (C=O) groups excluding carboxylic acids is 1. The summed E-state index contributed by atoms with van der Waals surface area (Å²) in [6, 6.07) is 18.0. The van der Waals surface area contributed by atoms with E-state index in [1.165, 1.54) is 11.8 Å². The molecular formula is C24H24N2O3S. The Morgan fingerprint density at radius 3 is 2.63 bits per heavy atom. The zero-order valence-electron chi connectivity index (χ0n) is 17.2. The van der Waals surface area contributed by atoms with Crippen molar-refractivity contribution in [3.8, 4) is 11.5 Å². The molecule has 2 N–H and O–H groups in total. The van der Waals surface area contributed by atoms with E-state index >= 15 is 0 Å². The van der Waals surface area contributed by atoms with Crippen LogP contribution in [0.15, 0.2) is 59.5 Å². The molecular weight excluding hydrogens is 396 g/mol. The third-order valence-electron chi connectivity index (χ3n) is 4.88. The Morgan fingerprint density at radius 1 is 1.10 bits per heavy atom. The van der Waals surface area contributed by atoms with E-state index in [-0.39, 0.29) is 11.4 Å². The van der Waals surface area contributed by atoms with Crippen LogP contribution < -0.4 is 20.1 Å². The summed E-state index contributed by atoms with van der Waals surface area (Å²) in [6.45, 7) is 4.60. The highest BCUT2D eigenvalue weighted by molar-refractivity contribution is 8.05. The molecule has 0 aromatic heterocycles. The fourth-order valence-corrected chi connectivity index (χ4v) is 4.45. The number of amides is 1. The maximum Gasteiger partial charge on any atom is 0.260 e. The van der Waals surface area contributed by atoms with Crippen molar-refractivity contribution in [2.24, 2.45) is 0 Å². The number of hydrogen-bond acceptors (Lipinski definition) is 5. The zero-order valence-corrected chi connectivity index (χ0v) is 18.0. The minimum Gasteiger partial charge on any atom is -0.495 e. The van der Waals surface area contributed by atoms with Crippen LogP contribution >= 0.6 is 11.8 Å². The lowest BCUT2D eigenvalue weighted by atomic mass is 10.0. The van der Waals surface area contributed by atoms with E-state index in [4.69, 9.17) is 9.47 Å². The molecule has 1 saturated heterocycles. The predicted molar refractivity (Wildman–Crippen MR) is 124 cm³/mol. The molecule has 30 heavy (non-hydrogen) atoms. The highest BCUT2D eigenvalue weighted by atomic mass is 32.2. The van der Waals surface area contributed by atoms with Crippen LogP contribution in [0, 0.1) is 6.92 Å². The van der Waals surface area contributed by atoms with Crippen LogP contribution in [0.5, 0.6) is 11.5 Å². The fraction of sp³-hybridized carbons (Fsp3) is 0.208. The van der Waals surface area contributed by atoms with Crippen LogP contribution in [0.2, 0.25) is 0 Å². The maximum atomic E-state index is 12.6. The second-order valence-corrected chi connectivity index (χ2v) is 8.11. The summed E-state index contributed by atoms with van der Waals surface area (Å²) in [4.78, 5) is 13.3. The third kappa shape index (κ3) is 4.09. The van der Waals surface area contributed by atoms with E-state index in [1.54, 1.807) is 7.11 Å². The number of rotatable bonds is 6. The van der Waals surface area contributed by atoms with Gasteiger partial charge in [0.2, 0.25) is 0 Å². The van der Waals surface area contributed by atoms with Gasteiger partial charge in [0.1, 0.15) is 11.5 Å². The van der Waals surface area contributed by atoms with Crippen molar-refractivity contribution < 1.29 is 14.3 Å². The van der Waals surface area contributed by atoms with Gasteiger partial charge in [-0.2, -0.15) is 0 Å². The van der Waals surface area contributed by atoms with E-state index in [9.17, 15) is 4.79 Å². The minimum atomic E-state index is -0.270. The summed E-state index contributed by atoms with van der Waals surface area (Å²) in [6.07, 6.45) is 1.94. The second-order valence-electron chi connectivity index (χ2n) is 6.96. The number of hydrogen-bond donors (Lipinski definition) is 2. The van der Waals surface area contributed by atoms with Crippen LogP contribution in [-0.4, -0.2) is 25.1 Å². The summed E-state index contributed by atoms with van der Waals surface area (Å²) in [7, 11) is 1.64. The van der Waals surface area contributed by atoms with Gasteiger partial charge >= 0.3 is 0 Å². The second kappa shape index (κ2) is 8.71.